The van der Waals surface area contributed by atoms with Crippen LogP contribution in [0.15, 0.2) is 54.3 Å². The van der Waals surface area contributed by atoms with Crippen molar-refractivity contribution in [3.8, 4) is 0 Å². The molecule has 7 nitrogen and oxygen atoms in total. The molecule has 2 aliphatic carbocycles. The van der Waals surface area contributed by atoms with Gasteiger partial charge in [0.1, 0.15) is 11.4 Å². The van der Waals surface area contributed by atoms with Gasteiger partial charge in [-0.2, -0.15) is 0 Å². The second-order valence-electron chi connectivity index (χ2n) is 8.81. The maximum absolute atomic E-state index is 7.95. The zero-order valence-electron chi connectivity index (χ0n) is 17.4. The number of nitrogens with one attached hydrogen (secondary N) is 2. The molecule has 2 aromatic rings. The Balaban J connectivity index is 1.35. The smallest absolute Gasteiger partial charge is 0.220 e. The lowest BCUT2D eigenvalue weighted by Gasteiger charge is -2.16. The molecule has 0 amide bonds. The molecule has 160 valence electrons. The summed E-state index contributed by atoms with van der Waals surface area (Å²) in [5, 5.41) is 10.7. The summed E-state index contributed by atoms with van der Waals surface area (Å²) in [6, 6.07) is 6.08. The monoisotopic (exact) mass is 437 g/mol. The lowest BCUT2D eigenvalue weighted by molar-refractivity contribution is -0.659. The van der Waals surface area contributed by atoms with Crippen molar-refractivity contribution in [2.45, 2.75) is 25.8 Å². The number of hydrogen-bond donors (Lipinski definition) is 5. The molecule has 2 saturated carbocycles. The van der Waals surface area contributed by atoms with Gasteiger partial charge in [-0.05, 0) is 48.4 Å². The average molecular weight is 438 g/mol. The minimum atomic E-state index is 0.442. The molecule has 2 aromatic heterocycles. The first-order chi connectivity index (χ1) is 15.0. The van der Waals surface area contributed by atoms with E-state index in [1.54, 1.807) is 12.3 Å². The van der Waals surface area contributed by atoms with Crippen molar-refractivity contribution in [3.05, 3.63) is 65.0 Å². The molecular weight excluding hydrogens is 410 g/mol. The molecule has 2 fully saturated rings. The Hall–Kier alpha value is -2.74. The summed E-state index contributed by atoms with van der Waals surface area (Å²) in [6.07, 6.45) is 12.1. The van der Waals surface area contributed by atoms with Gasteiger partial charge in [0.15, 0.2) is 0 Å². The number of nitrogens with two attached hydrogens (primary N) is 3. The number of nitrogens with zero attached hydrogens (tertiary/aromatic N) is 2. The van der Waals surface area contributed by atoms with Gasteiger partial charge in [0, 0.05) is 35.9 Å². The molecule has 3 aliphatic rings. The molecule has 8 N–H and O–H groups in total. The number of rotatable bonds is 7. The molecule has 3 heterocycles. The second kappa shape index (κ2) is 8.07. The van der Waals surface area contributed by atoms with E-state index in [9.17, 15) is 0 Å². The number of pyridine rings is 2. The summed E-state index contributed by atoms with van der Waals surface area (Å²) in [7, 11) is 0. The van der Waals surface area contributed by atoms with Crippen molar-refractivity contribution >= 4 is 34.4 Å². The first kappa shape index (κ1) is 20.2. The Morgan fingerprint density at radius 3 is 2.97 bits per heavy atom. The summed E-state index contributed by atoms with van der Waals surface area (Å²) in [5.41, 5.74) is 15.5. The Morgan fingerprint density at radius 2 is 2.23 bits per heavy atom. The molecule has 4 atom stereocenters. The van der Waals surface area contributed by atoms with Crippen molar-refractivity contribution in [3.63, 3.8) is 0 Å². The number of halogens is 1. The van der Waals surface area contributed by atoms with Gasteiger partial charge in [-0.1, -0.05) is 18.5 Å². The quantitative estimate of drug-likeness (QED) is 0.254. The van der Waals surface area contributed by atoms with Gasteiger partial charge in [0.25, 0.3) is 0 Å². The highest BCUT2D eigenvalue weighted by atomic mass is 35.5. The molecule has 0 saturated heterocycles. The van der Waals surface area contributed by atoms with Crippen LogP contribution in [0.5, 0.6) is 0 Å². The molecule has 5 rings (SSSR count). The third-order valence-electron chi connectivity index (χ3n) is 6.79. The lowest BCUT2D eigenvalue weighted by Crippen LogP contribution is -2.92. The highest BCUT2D eigenvalue weighted by Crippen LogP contribution is 2.57. The number of allylic oxidation sites excluding steroid dienone is 3. The average Bonchev–Trinajstić information content (AvgIpc) is 3.67. The zero-order chi connectivity index (χ0) is 21.5. The SMILES string of the molecule is CC(C1=CN[NH2+]C(N)=C1)C1C([NH2+]/C=C(\C=N)c2cnc3ccc(Cl)nc3c2)C1C1CC1. The van der Waals surface area contributed by atoms with E-state index in [2.05, 4.69) is 46.1 Å². The standard InChI is InChI=1S/C23H26ClN7/c1-12(14-7-20(26)31-29-11-14)21-22(13-2-3-13)23(21)28-10-16(8-25)15-6-18-17(27-9-15)4-5-19(24)30-18/h4-13,21-23,25,28-29,31H,2-3,26H2,1H3/p+2/b16-10+,25-8?. The molecular formula is C23H28ClN7+2. The number of quaternary nitrogens is 2. The summed E-state index contributed by atoms with van der Waals surface area (Å²) >= 11 is 6.04. The van der Waals surface area contributed by atoms with Crippen molar-refractivity contribution in [1.82, 2.24) is 15.4 Å². The second-order valence-corrected chi connectivity index (χ2v) is 9.20. The van der Waals surface area contributed by atoms with Crippen molar-refractivity contribution in [1.29, 1.82) is 5.41 Å². The Bertz CT molecular complexity index is 1120. The van der Waals surface area contributed by atoms with Crippen molar-refractivity contribution in [2.24, 2.45) is 29.4 Å². The molecule has 0 radical (unpaired) electrons. The topological polar surface area (TPSA) is 121 Å². The normalized spacial score (nSPS) is 26.6. The van der Waals surface area contributed by atoms with Crippen LogP contribution in [0.25, 0.3) is 16.6 Å². The summed E-state index contributed by atoms with van der Waals surface area (Å²) in [6.45, 7) is 2.31. The molecule has 8 heteroatoms. The zero-order valence-corrected chi connectivity index (χ0v) is 18.2. The highest BCUT2D eigenvalue weighted by molar-refractivity contribution is 6.29. The van der Waals surface area contributed by atoms with Crippen LogP contribution in [0.2, 0.25) is 5.15 Å². The van der Waals surface area contributed by atoms with E-state index in [1.807, 2.05) is 17.6 Å². The van der Waals surface area contributed by atoms with Crippen molar-refractivity contribution < 1.29 is 10.7 Å². The number of hydrogen-bond acceptors (Lipinski definition) is 5. The summed E-state index contributed by atoms with van der Waals surface area (Å²) in [4.78, 5) is 8.84. The largest absolute Gasteiger partial charge is 0.353 e. The highest BCUT2D eigenvalue weighted by Gasteiger charge is 2.62. The maximum atomic E-state index is 7.95. The van der Waals surface area contributed by atoms with E-state index in [0.29, 0.717) is 23.0 Å². The van der Waals surface area contributed by atoms with Crippen LogP contribution in [0, 0.1) is 29.1 Å². The minimum Gasteiger partial charge on any atom is -0.353 e. The van der Waals surface area contributed by atoms with E-state index in [0.717, 1.165) is 39.8 Å². The van der Waals surface area contributed by atoms with Crippen LogP contribution in [0.1, 0.15) is 25.3 Å². The van der Waals surface area contributed by atoms with E-state index in [1.165, 1.54) is 24.6 Å². The third kappa shape index (κ3) is 4.08. The van der Waals surface area contributed by atoms with E-state index >= 15 is 0 Å². The van der Waals surface area contributed by atoms with Gasteiger partial charge in [0.2, 0.25) is 5.82 Å². The minimum absolute atomic E-state index is 0.442. The predicted molar refractivity (Wildman–Crippen MR) is 121 cm³/mol. The molecule has 31 heavy (non-hydrogen) atoms. The first-order valence-corrected chi connectivity index (χ1v) is 11.2. The molecule has 0 spiro atoms. The van der Waals surface area contributed by atoms with E-state index in [4.69, 9.17) is 22.7 Å². The van der Waals surface area contributed by atoms with Gasteiger partial charge < -0.3 is 16.5 Å². The van der Waals surface area contributed by atoms with Crippen LogP contribution >= 0.6 is 11.6 Å². The van der Waals surface area contributed by atoms with Gasteiger partial charge in [-0.15, -0.1) is 0 Å². The van der Waals surface area contributed by atoms with Crippen molar-refractivity contribution in [2.75, 3.05) is 0 Å². The fourth-order valence-corrected chi connectivity index (χ4v) is 5.15. The summed E-state index contributed by atoms with van der Waals surface area (Å²) in [5.74, 6) is 3.38. The van der Waals surface area contributed by atoms with Gasteiger partial charge in [-0.3, -0.25) is 4.98 Å². The van der Waals surface area contributed by atoms with Gasteiger partial charge >= 0.3 is 0 Å². The molecule has 0 bridgehead atoms. The number of fused-ring (bicyclic) bond motifs is 1. The number of aromatic nitrogens is 2. The fourth-order valence-electron chi connectivity index (χ4n) is 4.99. The van der Waals surface area contributed by atoms with Gasteiger partial charge in [0.05, 0.1) is 28.8 Å². The van der Waals surface area contributed by atoms with Gasteiger partial charge in [-0.25, -0.2) is 15.8 Å². The molecule has 0 aromatic carbocycles. The van der Waals surface area contributed by atoms with Crippen LogP contribution in [0.4, 0.5) is 0 Å². The molecule has 1 aliphatic heterocycles. The summed E-state index contributed by atoms with van der Waals surface area (Å²) < 4.78 is 0. The Kier molecular flexibility index (Phi) is 5.25. The lowest BCUT2D eigenvalue weighted by atomic mass is 9.93. The Morgan fingerprint density at radius 1 is 1.39 bits per heavy atom. The first-order valence-electron chi connectivity index (χ1n) is 10.8. The van der Waals surface area contributed by atoms with E-state index < -0.39 is 0 Å². The molecule has 4 unspecified atom stereocenters. The van der Waals surface area contributed by atoms with Crippen LogP contribution in [0.3, 0.4) is 0 Å². The van der Waals surface area contributed by atoms with Crippen LogP contribution < -0.4 is 21.9 Å². The predicted octanol–water partition coefficient (Wildman–Crippen LogP) is 1.26. The van der Waals surface area contributed by atoms with Crippen LogP contribution in [-0.4, -0.2) is 22.2 Å². The Labute approximate surface area is 186 Å². The third-order valence-corrected chi connectivity index (χ3v) is 7.00. The van der Waals surface area contributed by atoms with E-state index in [-0.39, 0.29) is 0 Å². The maximum Gasteiger partial charge on any atom is 0.220 e. The van der Waals surface area contributed by atoms with Crippen LogP contribution in [-0.2, 0) is 0 Å². The fraction of sp³-hybridized carbons (Fsp3) is 0.348.